The van der Waals surface area contributed by atoms with Gasteiger partial charge in [-0.05, 0) is 0 Å². The Morgan fingerprint density at radius 2 is 2.67 bits per heavy atom. The summed E-state index contributed by atoms with van der Waals surface area (Å²) in [4.78, 5) is 17.6. The Balaban J connectivity index is 3.85. The van der Waals surface area contributed by atoms with Crippen LogP contribution in [0.3, 0.4) is 0 Å². The van der Waals surface area contributed by atoms with E-state index in [-0.39, 0.29) is 6.03 Å². The normalized spacial score (nSPS) is 21.2. The fourth-order valence-electron chi connectivity index (χ4n) is 0. The van der Waals surface area contributed by atoms with Crippen LogP contribution in [0.25, 0.3) is 0 Å². The Morgan fingerprint density at radius 3 is 2.67 bits per heavy atom. The molecule has 0 saturated carbocycles. The van der Waals surface area contributed by atoms with Crippen molar-refractivity contribution >= 4 is 13.4 Å². The van der Waals surface area contributed by atoms with Crippen molar-refractivity contribution < 1.29 is 15.6 Å². The molecule has 0 aliphatic carbocycles. The van der Waals surface area contributed by atoms with Crippen molar-refractivity contribution in [3.8, 4) is 0 Å². The molecule has 0 rings (SSSR count). The van der Waals surface area contributed by atoms with Crippen molar-refractivity contribution in [2.24, 2.45) is 0 Å². The molecule has 0 aliphatic heterocycles. The third-order valence-corrected chi connectivity index (χ3v) is 0.494. The predicted molar refractivity (Wildman–Crippen MR) is 22.5 cm³/mol. The monoisotopic (exact) mass is 109 g/mol. The molecule has 4 heteroatoms. The Morgan fingerprint density at radius 1 is 2.17 bits per heavy atom. The SMILES string of the molecule is [2H]CP(=O)(O)C=O. The molecule has 3 nitrogen and oxygen atoms in total. The maximum atomic E-state index is 9.95. The van der Waals surface area contributed by atoms with Crippen molar-refractivity contribution in [2.75, 3.05) is 6.64 Å². The van der Waals surface area contributed by atoms with Crippen molar-refractivity contribution in [3.63, 3.8) is 0 Å². The highest BCUT2D eigenvalue weighted by molar-refractivity contribution is 7.72. The molecule has 0 aliphatic rings. The summed E-state index contributed by atoms with van der Waals surface area (Å²) in [6.45, 7) is -0.712. The van der Waals surface area contributed by atoms with Crippen molar-refractivity contribution in [1.82, 2.24) is 0 Å². The third-order valence-electron chi connectivity index (χ3n) is 0.165. The summed E-state index contributed by atoms with van der Waals surface area (Å²) in [5, 5.41) is 0. The average molecular weight is 109 g/mol. The minimum absolute atomic E-state index is 0.0833. The zero-order valence-electron chi connectivity index (χ0n) is 4.00. The highest BCUT2D eigenvalue weighted by Crippen LogP contribution is 2.29. The first kappa shape index (κ1) is 4.03. The highest BCUT2D eigenvalue weighted by Gasteiger charge is 2.02. The van der Waals surface area contributed by atoms with Gasteiger partial charge in [0.2, 0.25) is 6.03 Å². The van der Waals surface area contributed by atoms with E-state index in [9.17, 15) is 9.36 Å². The highest BCUT2D eigenvalue weighted by atomic mass is 31.2. The molecule has 0 aromatic carbocycles. The van der Waals surface area contributed by atoms with Crippen LogP contribution in [-0.4, -0.2) is 17.6 Å². The first-order valence-corrected chi connectivity index (χ1v) is 3.11. The van der Waals surface area contributed by atoms with Crippen LogP contribution >= 0.6 is 7.37 Å². The van der Waals surface area contributed by atoms with Gasteiger partial charge in [-0.2, -0.15) is 0 Å². The lowest BCUT2D eigenvalue weighted by Gasteiger charge is -1.84. The number of rotatable bonds is 1. The van der Waals surface area contributed by atoms with Gasteiger partial charge in [0, 0.05) is 8.01 Å². The number of hydrogen-bond donors (Lipinski definition) is 1. The molecule has 1 N–H and O–H groups in total. The molecule has 0 fully saturated rings. The van der Waals surface area contributed by atoms with Gasteiger partial charge in [0.25, 0.3) is 7.37 Å². The van der Waals surface area contributed by atoms with Gasteiger partial charge in [-0.1, -0.05) is 0 Å². The van der Waals surface area contributed by atoms with Crippen LogP contribution in [0.15, 0.2) is 0 Å². The van der Waals surface area contributed by atoms with Crippen LogP contribution in [0.2, 0.25) is 0 Å². The second-order valence-corrected chi connectivity index (χ2v) is 2.58. The lowest BCUT2D eigenvalue weighted by molar-refractivity contribution is 0.488. The first-order valence-electron chi connectivity index (χ1n) is 1.90. The van der Waals surface area contributed by atoms with Crippen LogP contribution in [-0.2, 0) is 9.36 Å². The molecular formula is C2H5O3P. The zero-order chi connectivity index (χ0) is 5.91. The molecule has 0 spiro atoms. The van der Waals surface area contributed by atoms with Crippen LogP contribution in [0, 0.1) is 0 Å². The van der Waals surface area contributed by atoms with E-state index in [2.05, 4.69) is 0 Å². The van der Waals surface area contributed by atoms with Gasteiger partial charge in [0.15, 0.2) is 0 Å². The Bertz CT molecular complexity index is 112. The topological polar surface area (TPSA) is 54.4 Å². The number of carbonyl (C=O) groups is 1. The fourth-order valence-corrected chi connectivity index (χ4v) is 0. The summed E-state index contributed by atoms with van der Waals surface area (Å²) in [5.41, 5.74) is 0. The third kappa shape index (κ3) is 3.86. The van der Waals surface area contributed by atoms with E-state index in [4.69, 9.17) is 6.26 Å². The molecule has 0 heterocycles. The van der Waals surface area contributed by atoms with Gasteiger partial charge in [0.05, 0.1) is 0 Å². The van der Waals surface area contributed by atoms with E-state index in [1.165, 1.54) is 0 Å². The molecule has 0 aromatic rings. The van der Waals surface area contributed by atoms with Crippen LogP contribution in [0.5, 0.6) is 0 Å². The smallest absolute Gasteiger partial charge is 0.258 e. The quantitative estimate of drug-likeness (QED) is 0.383. The summed E-state index contributed by atoms with van der Waals surface area (Å²) < 4.78 is 16.2. The molecule has 0 amide bonds. The van der Waals surface area contributed by atoms with E-state index < -0.39 is 14.0 Å². The fraction of sp³-hybridized carbons (Fsp3) is 0.500. The average Bonchev–Trinajstić information content (AvgIpc) is 1.68. The van der Waals surface area contributed by atoms with E-state index in [0.29, 0.717) is 0 Å². The first-order chi connectivity index (χ1) is 3.12. The Kier molecular flexibility index (Phi) is 1.03. The summed E-state index contributed by atoms with van der Waals surface area (Å²) in [6, 6.07) is -0.0833. The minimum Gasteiger partial charge on any atom is -0.340 e. The molecule has 0 aromatic heterocycles. The second kappa shape index (κ2) is 1.54. The minimum atomic E-state index is -3.67. The van der Waals surface area contributed by atoms with Crippen molar-refractivity contribution in [2.45, 2.75) is 0 Å². The lowest BCUT2D eigenvalue weighted by Crippen LogP contribution is -1.71. The molecule has 0 bridgehead atoms. The largest absolute Gasteiger partial charge is 0.340 e. The summed E-state index contributed by atoms with van der Waals surface area (Å²) in [7, 11) is -3.67. The number of hydrogen-bond acceptors (Lipinski definition) is 2. The molecule has 1 atom stereocenters. The van der Waals surface area contributed by atoms with E-state index >= 15 is 0 Å². The van der Waals surface area contributed by atoms with Crippen LogP contribution < -0.4 is 0 Å². The van der Waals surface area contributed by atoms with Crippen LogP contribution in [0.1, 0.15) is 1.37 Å². The molecule has 0 radical (unpaired) electrons. The Hall–Kier alpha value is -0.140. The van der Waals surface area contributed by atoms with Gasteiger partial charge in [-0.3, -0.25) is 9.36 Å². The Labute approximate surface area is 36.8 Å². The molecular weight excluding hydrogens is 103 g/mol. The second-order valence-electron chi connectivity index (χ2n) is 0.861. The van der Waals surface area contributed by atoms with Gasteiger partial charge in [0.1, 0.15) is 0 Å². The summed E-state index contributed by atoms with van der Waals surface area (Å²) in [6.07, 6.45) is 0. The molecule has 36 valence electrons. The zero-order valence-corrected chi connectivity index (χ0v) is 3.89. The van der Waals surface area contributed by atoms with Crippen LogP contribution in [0.4, 0.5) is 0 Å². The van der Waals surface area contributed by atoms with Gasteiger partial charge < -0.3 is 4.89 Å². The summed E-state index contributed by atoms with van der Waals surface area (Å²) in [5.74, 6) is 0. The predicted octanol–water partition coefficient (Wildman–Crippen LogP) is 0.0768. The van der Waals surface area contributed by atoms with E-state index in [1.54, 1.807) is 0 Å². The summed E-state index contributed by atoms with van der Waals surface area (Å²) >= 11 is 0. The van der Waals surface area contributed by atoms with E-state index in [1.807, 2.05) is 0 Å². The number of carbonyl (C=O) groups excluding carboxylic acids is 1. The standard InChI is InChI=1S/C2H5O3P/c1-6(4,5)2-3/h2H,1H3,(H,4,5)/i1D. The van der Waals surface area contributed by atoms with E-state index in [0.717, 1.165) is 0 Å². The maximum absolute atomic E-state index is 9.95. The molecule has 0 saturated heterocycles. The van der Waals surface area contributed by atoms with Crippen molar-refractivity contribution in [3.05, 3.63) is 0 Å². The van der Waals surface area contributed by atoms with Gasteiger partial charge in [-0.15, -0.1) is 0 Å². The maximum Gasteiger partial charge on any atom is 0.258 e. The van der Waals surface area contributed by atoms with Gasteiger partial charge in [-0.25, -0.2) is 0 Å². The molecule has 1 unspecified atom stereocenters. The van der Waals surface area contributed by atoms with Crippen molar-refractivity contribution in [1.29, 1.82) is 0 Å². The van der Waals surface area contributed by atoms with Gasteiger partial charge >= 0.3 is 0 Å². The lowest BCUT2D eigenvalue weighted by atomic mass is 11.8. The molecule has 6 heavy (non-hydrogen) atoms.